The molecule has 110 valence electrons. The molecule has 21 heavy (non-hydrogen) atoms. The summed E-state index contributed by atoms with van der Waals surface area (Å²) < 4.78 is 0.835. The molecular weight excluding hydrogens is 326 g/mol. The van der Waals surface area contributed by atoms with Crippen LogP contribution in [0.4, 0.5) is 0 Å². The molecule has 2 aromatic rings. The minimum absolute atomic E-state index is 0.0224. The third-order valence-corrected chi connectivity index (χ3v) is 4.29. The third kappa shape index (κ3) is 4.43. The van der Waals surface area contributed by atoms with E-state index < -0.39 is 0 Å². The first-order chi connectivity index (χ1) is 10.1. The molecule has 1 unspecified atom stereocenters. The van der Waals surface area contributed by atoms with Crippen LogP contribution in [0, 0.1) is 6.92 Å². The highest BCUT2D eigenvalue weighted by molar-refractivity contribution is 9.10. The Balaban J connectivity index is 1.88. The van der Waals surface area contributed by atoms with Crippen LogP contribution in [0.25, 0.3) is 0 Å². The van der Waals surface area contributed by atoms with Crippen LogP contribution >= 0.6 is 15.9 Å². The minimum atomic E-state index is -0.0224. The van der Waals surface area contributed by atoms with Gasteiger partial charge in [0.1, 0.15) is 0 Å². The highest BCUT2D eigenvalue weighted by atomic mass is 79.9. The van der Waals surface area contributed by atoms with Gasteiger partial charge in [0.2, 0.25) is 0 Å². The van der Waals surface area contributed by atoms with Crippen LogP contribution < -0.4 is 5.32 Å². The van der Waals surface area contributed by atoms with E-state index in [-0.39, 0.29) is 5.91 Å². The normalized spacial score (nSPS) is 12.0. The SMILES string of the molecule is Cc1ccc(Br)c(C(=O)NCCC(C)c2ccccc2)c1. The summed E-state index contributed by atoms with van der Waals surface area (Å²) in [5, 5.41) is 3.00. The van der Waals surface area contributed by atoms with E-state index in [1.165, 1.54) is 5.56 Å². The van der Waals surface area contributed by atoms with Crippen LogP contribution in [-0.4, -0.2) is 12.5 Å². The Kier molecular flexibility index (Phi) is 5.57. The number of hydrogen-bond donors (Lipinski definition) is 1. The first-order valence-electron chi connectivity index (χ1n) is 7.17. The average Bonchev–Trinajstić information content (AvgIpc) is 2.50. The summed E-state index contributed by atoms with van der Waals surface area (Å²) in [6, 6.07) is 16.2. The van der Waals surface area contributed by atoms with Crippen LogP contribution in [-0.2, 0) is 0 Å². The number of hydrogen-bond acceptors (Lipinski definition) is 1. The molecule has 1 atom stereocenters. The molecule has 0 bridgehead atoms. The van der Waals surface area contributed by atoms with E-state index in [9.17, 15) is 4.79 Å². The van der Waals surface area contributed by atoms with Gasteiger partial charge in [0.15, 0.2) is 0 Å². The number of benzene rings is 2. The molecule has 0 spiro atoms. The van der Waals surface area contributed by atoms with Gasteiger partial charge in [-0.25, -0.2) is 0 Å². The largest absolute Gasteiger partial charge is 0.352 e. The molecule has 0 aliphatic rings. The summed E-state index contributed by atoms with van der Waals surface area (Å²) >= 11 is 3.43. The highest BCUT2D eigenvalue weighted by Crippen LogP contribution is 2.19. The van der Waals surface area contributed by atoms with Crippen molar-refractivity contribution >= 4 is 21.8 Å². The molecule has 0 saturated carbocycles. The van der Waals surface area contributed by atoms with Crippen molar-refractivity contribution in [3.63, 3.8) is 0 Å². The molecule has 0 aliphatic heterocycles. The standard InChI is InChI=1S/C18H20BrNO/c1-13-8-9-17(19)16(12-13)18(21)20-11-10-14(2)15-6-4-3-5-7-15/h3-9,12,14H,10-11H2,1-2H3,(H,20,21). The van der Waals surface area contributed by atoms with E-state index in [2.05, 4.69) is 40.3 Å². The third-order valence-electron chi connectivity index (χ3n) is 3.60. The first kappa shape index (κ1) is 15.8. The number of rotatable bonds is 5. The molecule has 1 N–H and O–H groups in total. The monoisotopic (exact) mass is 345 g/mol. The van der Waals surface area contributed by atoms with E-state index in [4.69, 9.17) is 0 Å². The number of carbonyl (C=O) groups is 1. The summed E-state index contributed by atoms with van der Waals surface area (Å²) in [6.07, 6.45) is 0.930. The van der Waals surface area contributed by atoms with Crippen molar-refractivity contribution < 1.29 is 4.79 Å². The van der Waals surface area contributed by atoms with Gasteiger partial charge in [0, 0.05) is 11.0 Å². The number of aryl methyl sites for hydroxylation is 1. The summed E-state index contributed by atoms with van der Waals surface area (Å²) in [7, 11) is 0. The molecule has 3 heteroatoms. The molecule has 2 nitrogen and oxygen atoms in total. The van der Waals surface area contributed by atoms with Gasteiger partial charge >= 0.3 is 0 Å². The van der Waals surface area contributed by atoms with Crippen LogP contribution in [0.3, 0.4) is 0 Å². The van der Waals surface area contributed by atoms with Gasteiger partial charge in [-0.1, -0.05) is 48.9 Å². The quantitative estimate of drug-likeness (QED) is 0.837. The Labute approximate surface area is 134 Å². The van der Waals surface area contributed by atoms with Gasteiger partial charge in [-0.15, -0.1) is 0 Å². The molecule has 0 radical (unpaired) electrons. The second kappa shape index (κ2) is 7.41. The molecule has 0 fully saturated rings. The minimum Gasteiger partial charge on any atom is -0.352 e. The molecule has 0 saturated heterocycles. The molecular formula is C18H20BrNO. The predicted octanol–water partition coefficient (Wildman–Crippen LogP) is 4.68. The van der Waals surface area contributed by atoms with Crippen molar-refractivity contribution in [2.24, 2.45) is 0 Å². The van der Waals surface area contributed by atoms with Crippen LogP contribution in [0.15, 0.2) is 53.0 Å². The predicted molar refractivity (Wildman–Crippen MR) is 90.7 cm³/mol. The van der Waals surface area contributed by atoms with Gasteiger partial charge < -0.3 is 5.32 Å². The lowest BCUT2D eigenvalue weighted by Crippen LogP contribution is -2.25. The lowest BCUT2D eigenvalue weighted by atomic mass is 9.98. The second-order valence-corrected chi connectivity index (χ2v) is 6.19. The van der Waals surface area contributed by atoms with Crippen molar-refractivity contribution in [2.75, 3.05) is 6.54 Å². The summed E-state index contributed by atoms with van der Waals surface area (Å²) in [4.78, 5) is 12.2. The van der Waals surface area contributed by atoms with Crippen molar-refractivity contribution in [2.45, 2.75) is 26.2 Å². The molecule has 1 amide bonds. The average molecular weight is 346 g/mol. The smallest absolute Gasteiger partial charge is 0.252 e. The number of amides is 1. The summed E-state index contributed by atoms with van der Waals surface area (Å²) in [6.45, 7) is 4.85. The zero-order valence-electron chi connectivity index (χ0n) is 12.4. The topological polar surface area (TPSA) is 29.1 Å². The summed E-state index contributed by atoms with van der Waals surface area (Å²) in [5.41, 5.74) is 3.09. The van der Waals surface area contributed by atoms with Gasteiger partial charge in [-0.2, -0.15) is 0 Å². The van der Waals surface area contributed by atoms with Crippen LogP contribution in [0.1, 0.15) is 40.7 Å². The Morgan fingerprint density at radius 2 is 1.90 bits per heavy atom. The summed E-state index contributed by atoms with van der Waals surface area (Å²) in [5.74, 6) is 0.415. The van der Waals surface area contributed by atoms with E-state index in [0.29, 0.717) is 18.0 Å². The molecule has 0 aromatic heterocycles. The number of nitrogens with one attached hydrogen (secondary N) is 1. The fourth-order valence-electron chi connectivity index (χ4n) is 2.26. The zero-order chi connectivity index (χ0) is 15.2. The van der Waals surface area contributed by atoms with Crippen molar-refractivity contribution in [3.8, 4) is 0 Å². The maximum absolute atomic E-state index is 12.2. The van der Waals surface area contributed by atoms with E-state index in [1.54, 1.807) is 0 Å². The van der Waals surface area contributed by atoms with Crippen LogP contribution in [0.5, 0.6) is 0 Å². The number of halogens is 1. The van der Waals surface area contributed by atoms with Crippen LogP contribution in [0.2, 0.25) is 0 Å². The van der Waals surface area contributed by atoms with E-state index in [0.717, 1.165) is 16.5 Å². The lowest BCUT2D eigenvalue weighted by molar-refractivity contribution is 0.0952. The highest BCUT2D eigenvalue weighted by Gasteiger charge is 2.11. The van der Waals surface area contributed by atoms with E-state index in [1.807, 2.05) is 43.3 Å². The molecule has 2 rings (SSSR count). The van der Waals surface area contributed by atoms with Gasteiger partial charge in [0.25, 0.3) is 5.91 Å². The van der Waals surface area contributed by atoms with E-state index >= 15 is 0 Å². The Morgan fingerprint density at radius 1 is 1.19 bits per heavy atom. The number of carbonyl (C=O) groups excluding carboxylic acids is 1. The molecule has 0 heterocycles. The van der Waals surface area contributed by atoms with Gasteiger partial charge in [-0.05, 0) is 52.9 Å². The van der Waals surface area contributed by atoms with Gasteiger partial charge in [0.05, 0.1) is 5.56 Å². The second-order valence-electron chi connectivity index (χ2n) is 5.34. The van der Waals surface area contributed by atoms with Gasteiger partial charge in [-0.3, -0.25) is 4.79 Å². The Hall–Kier alpha value is -1.61. The maximum Gasteiger partial charge on any atom is 0.252 e. The molecule has 2 aromatic carbocycles. The van der Waals surface area contributed by atoms with Crippen molar-refractivity contribution in [1.82, 2.24) is 5.32 Å². The first-order valence-corrected chi connectivity index (χ1v) is 7.96. The lowest BCUT2D eigenvalue weighted by Gasteiger charge is -2.13. The fraction of sp³-hybridized carbons (Fsp3) is 0.278. The van der Waals surface area contributed by atoms with Crippen molar-refractivity contribution in [1.29, 1.82) is 0 Å². The Morgan fingerprint density at radius 3 is 2.62 bits per heavy atom. The Bertz CT molecular complexity index is 610. The molecule has 0 aliphatic carbocycles. The maximum atomic E-state index is 12.2. The van der Waals surface area contributed by atoms with Crippen molar-refractivity contribution in [3.05, 3.63) is 69.7 Å². The zero-order valence-corrected chi connectivity index (χ0v) is 14.0. The fourth-order valence-corrected chi connectivity index (χ4v) is 2.69.